The van der Waals surface area contributed by atoms with Crippen LogP contribution in [0.2, 0.25) is 0 Å². The molecule has 2 aliphatic heterocycles. The van der Waals surface area contributed by atoms with E-state index in [4.69, 9.17) is 9.47 Å². The van der Waals surface area contributed by atoms with Gasteiger partial charge in [0, 0.05) is 30.2 Å². The molecular weight excluding hydrogens is 430 g/mol. The fraction of sp³-hybridized carbons (Fsp3) is 0.281. The highest BCUT2D eigenvalue weighted by Crippen LogP contribution is 2.52. The summed E-state index contributed by atoms with van der Waals surface area (Å²) in [4.78, 5) is 0. The zero-order chi connectivity index (χ0) is 23.8. The maximum Gasteiger partial charge on any atom is 0.228 e. The average molecular weight is 461 g/mol. The molecule has 35 heavy (non-hydrogen) atoms. The fourth-order valence-corrected chi connectivity index (χ4v) is 6.48. The van der Waals surface area contributed by atoms with Gasteiger partial charge in [0.05, 0.1) is 10.9 Å². The molecule has 0 atom stereocenters. The maximum absolute atomic E-state index is 6.87. The van der Waals surface area contributed by atoms with Crippen molar-refractivity contribution in [2.75, 3.05) is 13.2 Å². The number of rotatable bonds is 1. The van der Waals surface area contributed by atoms with Crippen molar-refractivity contribution < 1.29 is 14.0 Å². The van der Waals surface area contributed by atoms with Crippen molar-refractivity contribution in [2.24, 2.45) is 7.05 Å². The van der Waals surface area contributed by atoms with E-state index >= 15 is 0 Å². The van der Waals surface area contributed by atoms with Crippen LogP contribution in [0.25, 0.3) is 43.6 Å². The highest BCUT2D eigenvalue weighted by atomic mass is 16.5. The van der Waals surface area contributed by atoms with E-state index in [9.17, 15) is 0 Å². The Hall–Kier alpha value is -3.43. The largest absolute Gasteiger partial charge is 0.455 e. The van der Waals surface area contributed by atoms with Gasteiger partial charge in [-0.25, -0.2) is 4.57 Å². The van der Waals surface area contributed by atoms with E-state index in [1.165, 1.54) is 65.8 Å². The number of fused-ring (bicyclic) bond motifs is 5. The molecule has 0 bridgehead atoms. The SMILES string of the molecule is Cc1ccc2c(C)c3c(c(C)c2c1)-c1c2c(cc4c(C5CCOCC5)cccc4c2cc[n+]1C)O3. The Morgan fingerprint density at radius 3 is 2.46 bits per heavy atom. The number of ether oxygens (including phenoxy) is 2. The number of hydrogen-bond donors (Lipinski definition) is 0. The second-order valence-corrected chi connectivity index (χ2v) is 10.4. The van der Waals surface area contributed by atoms with Crippen LogP contribution in [-0.4, -0.2) is 13.2 Å². The van der Waals surface area contributed by atoms with Gasteiger partial charge in [-0.1, -0.05) is 42.0 Å². The second-order valence-electron chi connectivity index (χ2n) is 10.4. The van der Waals surface area contributed by atoms with Crippen molar-refractivity contribution in [1.82, 2.24) is 0 Å². The fourth-order valence-electron chi connectivity index (χ4n) is 6.48. The Bertz CT molecular complexity index is 1690. The third-order valence-electron chi connectivity index (χ3n) is 8.31. The molecule has 1 aromatic heterocycles. The highest BCUT2D eigenvalue weighted by molar-refractivity contribution is 6.16. The first kappa shape index (κ1) is 20.9. The molecule has 4 aromatic carbocycles. The molecule has 0 radical (unpaired) electrons. The summed E-state index contributed by atoms with van der Waals surface area (Å²) in [6.45, 7) is 8.31. The summed E-state index contributed by atoms with van der Waals surface area (Å²) in [5.74, 6) is 2.50. The van der Waals surface area contributed by atoms with E-state index in [0.29, 0.717) is 5.92 Å². The average Bonchev–Trinajstić information content (AvgIpc) is 2.88. The van der Waals surface area contributed by atoms with Gasteiger partial charge in [0.15, 0.2) is 6.20 Å². The monoisotopic (exact) mass is 460 g/mol. The van der Waals surface area contributed by atoms with Crippen molar-refractivity contribution in [1.29, 1.82) is 0 Å². The van der Waals surface area contributed by atoms with Crippen LogP contribution in [0.15, 0.2) is 54.7 Å². The number of aromatic nitrogens is 1. The van der Waals surface area contributed by atoms with Crippen molar-refractivity contribution in [3.8, 4) is 22.8 Å². The molecule has 3 heterocycles. The van der Waals surface area contributed by atoms with Gasteiger partial charge in [0.2, 0.25) is 5.69 Å². The van der Waals surface area contributed by atoms with E-state index in [1.54, 1.807) is 0 Å². The Morgan fingerprint density at radius 2 is 1.63 bits per heavy atom. The van der Waals surface area contributed by atoms with Crippen molar-refractivity contribution >= 4 is 32.3 Å². The molecular formula is C32H30NO2+. The Balaban J connectivity index is 1.60. The van der Waals surface area contributed by atoms with Crippen molar-refractivity contribution in [3.63, 3.8) is 0 Å². The molecule has 7 rings (SSSR count). The predicted molar refractivity (Wildman–Crippen MR) is 143 cm³/mol. The Labute approximate surface area is 205 Å². The minimum Gasteiger partial charge on any atom is -0.455 e. The molecule has 0 amide bonds. The summed E-state index contributed by atoms with van der Waals surface area (Å²) in [6, 6.07) is 18.1. The highest BCUT2D eigenvalue weighted by Gasteiger charge is 2.33. The van der Waals surface area contributed by atoms with Gasteiger partial charge in [-0.05, 0) is 78.3 Å². The summed E-state index contributed by atoms with van der Waals surface area (Å²) in [7, 11) is 2.16. The molecule has 0 unspecified atom stereocenters. The normalized spacial score (nSPS) is 15.5. The maximum atomic E-state index is 6.87. The zero-order valence-corrected chi connectivity index (χ0v) is 20.9. The number of nitrogens with zero attached hydrogens (tertiary/aromatic N) is 1. The second kappa shape index (κ2) is 7.53. The third kappa shape index (κ3) is 2.91. The minimum absolute atomic E-state index is 0.531. The lowest BCUT2D eigenvalue weighted by Crippen LogP contribution is -2.32. The Kier molecular flexibility index (Phi) is 4.50. The first-order valence-electron chi connectivity index (χ1n) is 12.7. The Morgan fingerprint density at radius 1 is 0.800 bits per heavy atom. The number of hydrogen-bond acceptors (Lipinski definition) is 2. The molecule has 0 aliphatic carbocycles. The standard InChI is InChI=1S/C32H30NO2/c1-18-8-9-22-20(3)32-29(19(2)26(22)16-18)31-30-25(10-13-33(31)4)24-7-5-6-23(21-11-14-34-15-12-21)27(24)17-28(30)35-32/h5-10,13,16-17,21H,11-12,14-15H2,1-4H3/q+1. The molecule has 1 saturated heterocycles. The van der Waals surface area contributed by atoms with Crippen molar-refractivity contribution in [3.05, 3.63) is 77.0 Å². The van der Waals surface area contributed by atoms with E-state index in [1.807, 2.05) is 0 Å². The van der Waals surface area contributed by atoms with Gasteiger partial charge < -0.3 is 9.47 Å². The lowest BCUT2D eigenvalue weighted by Gasteiger charge is -2.27. The van der Waals surface area contributed by atoms with Crippen LogP contribution in [0.1, 0.15) is 41.0 Å². The van der Waals surface area contributed by atoms with E-state index < -0.39 is 0 Å². The van der Waals surface area contributed by atoms with Gasteiger partial charge in [0.1, 0.15) is 18.5 Å². The molecule has 0 N–H and O–H groups in total. The number of benzene rings is 4. The lowest BCUT2D eigenvalue weighted by atomic mass is 9.85. The topological polar surface area (TPSA) is 22.3 Å². The smallest absolute Gasteiger partial charge is 0.228 e. The first-order valence-corrected chi connectivity index (χ1v) is 12.7. The number of aryl methyl sites for hydroxylation is 4. The molecule has 1 fully saturated rings. The van der Waals surface area contributed by atoms with Gasteiger partial charge in [0.25, 0.3) is 0 Å². The lowest BCUT2D eigenvalue weighted by molar-refractivity contribution is -0.659. The van der Waals surface area contributed by atoms with Gasteiger partial charge >= 0.3 is 0 Å². The van der Waals surface area contributed by atoms with Crippen LogP contribution in [0, 0.1) is 20.8 Å². The van der Waals surface area contributed by atoms with Crippen LogP contribution in [0.3, 0.4) is 0 Å². The zero-order valence-electron chi connectivity index (χ0n) is 20.9. The summed E-state index contributed by atoms with van der Waals surface area (Å²) >= 11 is 0. The van der Waals surface area contributed by atoms with Crippen LogP contribution in [0.5, 0.6) is 11.5 Å². The summed E-state index contributed by atoms with van der Waals surface area (Å²) in [6.07, 6.45) is 4.37. The molecule has 174 valence electrons. The summed E-state index contributed by atoms with van der Waals surface area (Å²) < 4.78 is 14.8. The van der Waals surface area contributed by atoms with E-state index in [0.717, 1.165) is 37.6 Å². The minimum atomic E-state index is 0.531. The molecule has 2 aliphatic rings. The van der Waals surface area contributed by atoms with Crippen LogP contribution >= 0.6 is 0 Å². The van der Waals surface area contributed by atoms with Crippen LogP contribution in [0.4, 0.5) is 0 Å². The van der Waals surface area contributed by atoms with Gasteiger partial charge in [-0.2, -0.15) is 0 Å². The first-order chi connectivity index (χ1) is 17.0. The molecule has 0 saturated carbocycles. The van der Waals surface area contributed by atoms with Crippen LogP contribution in [-0.2, 0) is 11.8 Å². The van der Waals surface area contributed by atoms with E-state index in [2.05, 4.69) is 87.1 Å². The molecule has 3 heteroatoms. The van der Waals surface area contributed by atoms with E-state index in [-0.39, 0.29) is 0 Å². The molecule has 3 nitrogen and oxygen atoms in total. The van der Waals surface area contributed by atoms with Crippen LogP contribution < -0.4 is 9.30 Å². The summed E-state index contributed by atoms with van der Waals surface area (Å²) in [5, 5.41) is 7.70. The summed E-state index contributed by atoms with van der Waals surface area (Å²) in [5.41, 5.74) is 7.68. The van der Waals surface area contributed by atoms with Gasteiger partial charge in [-0.15, -0.1) is 0 Å². The quantitative estimate of drug-likeness (QED) is 0.187. The third-order valence-corrected chi connectivity index (χ3v) is 8.31. The predicted octanol–water partition coefficient (Wildman–Crippen LogP) is 7.56. The number of pyridine rings is 1. The van der Waals surface area contributed by atoms with Gasteiger partial charge in [-0.3, -0.25) is 0 Å². The molecule has 0 spiro atoms. The molecule has 5 aromatic rings. The van der Waals surface area contributed by atoms with Crippen molar-refractivity contribution in [2.45, 2.75) is 39.5 Å².